The number of carbonyl (C=O) groups is 5. The first-order valence-electron chi connectivity index (χ1n) is 11.3. The second-order valence-corrected chi connectivity index (χ2v) is 8.28. The number of esters is 1. The van der Waals surface area contributed by atoms with Crippen molar-refractivity contribution in [1.82, 2.24) is 10.6 Å². The van der Waals surface area contributed by atoms with E-state index in [0.717, 1.165) is 18.1 Å². The van der Waals surface area contributed by atoms with Gasteiger partial charge in [0.1, 0.15) is 12.1 Å². The molecule has 0 heterocycles. The van der Waals surface area contributed by atoms with Crippen LogP contribution in [-0.2, 0) is 28.7 Å². The molecule has 0 bridgehead atoms. The molecule has 3 unspecified atom stereocenters. The van der Waals surface area contributed by atoms with Crippen LogP contribution in [-0.4, -0.2) is 64.5 Å². The van der Waals surface area contributed by atoms with Crippen LogP contribution < -0.4 is 10.6 Å². The number of benzene rings is 2. The van der Waals surface area contributed by atoms with Gasteiger partial charge in [-0.15, -0.1) is 0 Å². The van der Waals surface area contributed by atoms with Crippen molar-refractivity contribution in [3.05, 3.63) is 71.8 Å². The molecule has 0 radical (unpaired) electrons. The average Bonchev–Trinajstić information content (AvgIpc) is 2.84. The average molecular weight is 499 g/mol. The van der Waals surface area contributed by atoms with Crippen LogP contribution in [0.2, 0.25) is 0 Å². The van der Waals surface area contributed by atoms with E-state index in [4.69, 9.17) is 9.84 Å². The summed E-state index contributed by atoms with van der Waals surface area (Å²) in [7, 11) is 0. The molecule has 3 atom stereocenters. The van der Waals surface area contributed by atoms with Crippen LogP contribution in [0, 0.1) is 0 Å². The van der Waals surface area contributed by atoms with E-state index in [1.807, 2.05) is 60.7 Å². The summed E-state index contributed by atoms with van der Waals surface area (Å²) in [6, 6.07) is 15.7. The van der Waals surface area contributed by atoms with Crippen molar-refractivity contribution < 1.29 is 38.9 Å². The van der Waals surface area contributed by atoms with Crippen molar-refractivity contribution in [1.29, 1.82) is 0 Å². The van der Waals surface area contributed by atoms with E-state index in [1.165, 1.54) is 6.92 Å². The topological polar surface area (TPSA) is 159 Å². The molecular formula is C26H30N2O8. The molecule has 2 amide bonds. The molecule has 0 aliphatic heterocycles. The van der Waals surface area contributed by atoms with E-state index >= 15 is 0 Å². The molecule has 0 aromatic heterocycles. The molecule has 36 heavy (non-hydrogen) atoms. The third kappa shape index (κ3) is 8.95. The highest BCUT2D eigenvalue weighted by Crippen LogP contribution is 2.28. The summed E-state index contributed by atoms with van der Waals surface area (Å²) in [5, 5.41) is 23.4. The predicted octanol–water partition coefficient (Wildman–Crippen LogP) is 1.17. The molecule has 0 saturated carbocycles. The van der Waals surface area contributed by atoms with E-state index in [0.29, 0.717) is 0 Å². The summed E-state index contributed by atoms with van der Waals surface area (Å²) in [6.07, 6.45) is -2.14. The van der Waals surface area contributed by atoms with E-state index in [9.17, 15) is 29.1 Å². The second-order valence-electron chi connectivity index (χ2n) is 8.28. The van der Waals surface area contributed by atoms with Crippen molar-refractivity contribution in [3.63, 3.8) is 0 Å². The number of aliphatic hydroxyl groups is 1. The summed E-state index contributed by atoms with van der Waals surface area (Å²) in [5.74, 6) is -4.77. The van der Waals surface area contributed by atoms with Crippen molar-refractivity contribution in [2.75, 3.05) is 6.61 Å². The Labute approximate surface area is 208 Å². The number of ether oxygens (including phenoxy) is 1. The van der Waals surface area contributed by atoms with E-state index in [1.54, 1.807) is 0 Å². The third-order valence-corrected chi connectivity index (χ3v) is 5.36. The zero-order valence-electron chi connectivity index (χ0n) is 20.0. The quantitative estimate of drug-likeness (QED) is 0.300. The maximum atomic E-state index is 12.7. The maximum absolute atomic E-state index is 12.7. The lowest BCUT2D eigenvalue weighted by molar-refractivity contribution is -0.149. The number of nitrogens with one attached hydrogen (secondary N) is 2. The Morgan fingerprint density at radius 2 is 1.39 bits per heavy atom. The van der Waals surface area contributed by atoms with Crippen LogP contribution in [0.3, 0.4) is 0 Å². The van der Waals surface area contributed by atoms with Gasteiger partial charge in [0.15, 0.2) is 12.4 Å². The van der Waals surface area contributed by atoms with Gasteiger partial charge in [-0.25, -0.2) is 0 Å². The lowest BCUT2D eigenvalue weighted by Crippen LogP contribution is -2.56. The molecule has 0 saturated heterocycles. The van der Waals surface area contributed by atoms with Crippen LogP contribution in [0.1, 0.15) is 43.7 Å². The largest absolute Gasteiger partial charge is 0.481 e. The Bertz CT molecular complexity index is 1020. The molecule has 10 nitrogen and oxygen atoms in total. The van der Waals surface area contributed by atoms with E-state index < -0.39 is 60.8 Å². The Hall–Kier alpha value is -4.05. The zero-order chi connectivity index (χ0) is 26.7. The van der Waals surface area contributed by atoms with Gasteiger partial charge in [0, 0.05) is 12.8 Å². The number of Topliss-reactive ketones (excluding diaryl/α,β-unsaturated/α-hetero) is 1. The minimum Gasteiger partial charge on any atom is -0.481 e. The number of rotatable bonds is 13. The monoisotopic (exact) mass is 498 g/mol. The summed E-state index contributed by atoms with van der Waals surface area (Å²) < 4.78 is 5.14. The first-order chi connectivity index (χ1) is 17.1. The molecular weight excluding hydrogens is 468 g/mol. The van der Waals surface area contributed by atoms with Gasteiger partial charge in [-0.2, -0.15) is 0 Å². The Balaban J connectivity index is 2.07. The van der Waals surface area contributed by atoms with Gasteiger partial charge >= 0.3 is 11.9 Å². The van der Waals surface area contributed by atoms with Gasteiger partial charge in [0.05, 0.1) is 18.9 Å². The van der Waals surface area contributed by atoms with Crippen LogP contribution in [0.25, 0.3) is 0 Å². The smallest absolute Gasteiger partial charge is 0.307 e. The molecule has 0 fully saturated rings. The fourth-order valence-electron chi connectivity index (χ4n) is 3.58. The summed E-state index contributed by atoms with van der Waals surface area (Å²) >= 11 is 0. The lowest BCUT2D eigenvalue weighted by atomic mass is 9.89. The number of hydrogen-bond donors (Lipinski definition) is 4. The standard InChI is InChI=1S/C26H30N2O8/c1-16(29)25(27-17(2)30)26(35)28-21(14-23(32)33)22(31)15-36-24(34)13-20(18-9-5-3-6-10-18)19-11-7-4-8-12-19/h3-12,16,20-21,25,29H,13-15H2,1-2H3,(H,27,30)(H,28,35)(H,32,33). The van der Waals surface area contributed by atoms with E-state index in [2.05, 4.69) is 10.6 Å². The molecule has 4 N–H and O–H groups in total. The van der Waals surface area contributed by atoms with Crippen LogP contribution in [0.4, 0.5) is 0 Å². The van der Waals surface area contributed by atoms with Gasteiger partial charge in [0.25, 0.3) is 0 Å². The number of amides is 2. The molecule has 2 aromatic rings. The van der Waals surface area contributed by atoms with Gasteiger partial charge in [-0.3, -0.25) is 24.0 Å². The molecule has 0 aliphatic rings. The number of ketones is 1. The highest BCUT2D eigenvalue weighted by Gasteiger charge is 2.31. The summed E-state index contributed by atoms with van der Waals surface area (Å²) in [6.45, 7) is 1.64. The molecule has 0 aliphatic carbocycles. The van der Waals surface area contributed by atoms with Gasteiger partial charge in [-0.1, -0.05) is 60.7 Å². The maximum Gasteiger partial charge on any atom is 0.307 e. The van der Waals surface area contributed by atoms with Crippen LogP contribution in [0.15, 0.2) is 60.7 Å². The number of aliphatic hydroxyl groups excluding tert-OH is 1. The number of carboxylic acid groups (broad SMARTS) is 1. The molecule has 10 heteroatoms. The predicted molar refractivity (Wildman–Crippen MR) is 129 cm³/mol. The van der Waals surface area contributed by atoms with Crippen LogP contribution in [0.5, 0.6) is 0 Å². The Morgan fingerprint density at radius 3 is 1.83 bits per heavy atom. The molecule has 0 spiro atoms. The van der Waals surface area contributed by atoms with Gasteiger partial charge in [-0.05, 0) is 18.1 Å². The first kappa shape index (κ1) is 28.2. The normalized spacial score (nSPS) is 13.2. The number of carboxylic acids is 1. The van der Waals surface area contributed by atoms with Crippen molar-refractivity contribution in [2.24, 2.45) is 0 Å². The number of hydrogen-bond acceptors (Lipinski definition) is 7. The minimum absolute atomic E-state index is 0.0656. The Kier molecular flexibility index (Phi) is 10.8. The molecule has 192 valence electrons. The zero-order valence-corrected chi connectivity index (χ0v) is 20.0. The third-order valence-electron chi connectivity index (χ3n) is 5.36. The van der Waals surface area contributed by atoms with Crippen molar-refractivity contribution >= 4 is 29.5 Å². The van der Waals surface area contributed by atoms with Crippen molar-refractivity contribution in [3.8, 4) is 0 Å². The number of aliphatic carboxylic acids is 1. The number of carbonyl (C=O) groups excluding carboxylic acids is 4. The van der Waals surface area contributed by atoms with Crippen LogP contribution >= 0.6 is 0 Å². The van der Waals surface area contributed by atoms with Crippen molar-refractivity contribution in [2.45, 2.75) is 50.8 Å². The highest BCUT2D eigenvalue weighted by molar-refractivity contribution is 5.95. The molecule has 2 rings (SSSR count). The van der Waals surface area contributed by atoms with Gasteiger partial charge < -0.3 is 25.6 Å². The second kappa shape index (κ2) is 13.7. The summed E-state index contributed by atoms with van der Waals surface area (Å²) in [4.78, 5) is 60.3. The molecule has 2 aromatic carbocycles. The fraction of sp³-hybridized carbons (Fsp3) is 0.346. The minimum atomic E-state index is -1.53. The highest BCUT2D eigenvalue weighted by atomic mass is 16.5. The first-order valence-corrected chi connectivity index (χ1v) is 11.3. The SMILES string of the molecule is CC(=O)NC(C(=O)NC(CC(=O)O)C(=O)COC(=O)CC(c1ccccc1)c1ccccc1)C(C)O. The van der Waals surface area contributed by atoms with E-state index in [-0.39, 0.29) is 12.3 Å². The Morgan fingerprint density at radius 1 is 0.861 bits per heavy atom. The lowest BCUT2D eigenvalue weighted by Gasteiger charge is -2.23. The summed E-state index contributed by atoms with van der Waals surface area (Å²) in [5.41, 5.74) is 1.76. The van der Waals surface area contributed by atoms with Gasteiger partial charge in [0.2, 0.25) is 11.8 Å². The fourth-order valence-corrected chi connectivity index (χ4v) is 3.58.